The van der Waals surface area contributed by atoms with Crippen LogP contribution in [0.25, 0.3) is 0 Å². The minimum absolute atomic E-state index is 0.0151. The number of phosphoric ester groups is 1. The molecule has 17 heteroatoms. The van der Waals surface area contributed by atoms with Crippen molar-refractivity contribution in [3.63, 3.8) is 0 Å². The molecule has 0 aromatic carbocycles. The normalized spacial score (nSPS) is 23.0. The van der Waals surface area contributed by atoms with E-state index in [-0.39, 0.29) is 25.7 Å². The molecule has 1 aliphatic carbocycles. The van der Waals surface area contributed by atoms with E-state index in [1.54, 1.807) is 42.5 Å². The summed E-state index contributed by atoms with van der Waals surface area (Å²) < 4.78 is 33.4. The molecule has 0 amide bonds. The molecule has 0 radical (unpaired) electrons. The van der Waals surface area contributed by atoms with Gasteiger partial charge in [-0.15, -0.1) is 0 Å². The Hall–Kier alpha value is -2.83. The largest absolute Gasteiger partial charge is 0.472 e. The van der Waals surface area contributed by atoms with E-state index in [0.29, 0.717) is 12.8 Å². The van der Waals surface area contributed by atoms with Crippen LogP contribution in [0.3, 0.4) is 0 Å². The standard InChI is InChI=1S/C51H87O16P/c1-3-5-7-8-9-10-11-12-13-14-15-16-17-18-19-20-21-26-30-36-45(56)66-41(39-65-68(62,63)67-51-49(60)47(58)46(57)48(59)50(51)61)38-64-44(55)37-31-35-43(54)42(53)34-29-25-23-22-24-28-33-40(52)32-27-6-4-2/h9-10,12-13,22-25,28-29,33-34,40-43,46-54,57-61H,3-8,11,14-21,26-27,30-32,35-39H2,1-2H3,(H,62,63)/b10-9-,13-12-,24-22-,25-23+,33-28+,34-29+/t40-,41-,42-,43-,46?,47-,48+,49-,50-,51?/m1/s1. The number of allylic oxidation sites excluding steroid dienone is 10. The van der Waals surface area contributed by atoms with Gasteiger partial charge in [0.15, 0.2) is 6.10 Å². The van der Waals surface area contributed by atoms with E-state index in [2.05, 4.69) is 38.2 Å². The van der Waals surface area contributed by atoms with E-state index in [9.17, 15) is 59.9 Å². The van der Waals surface area contributed by atoms with Crippen LogP contribution >= 0.6 is 7.82 Å². The maximum atomic E-state index is 12.9. The first-order valence-corrected chi connectivity index (χ1v) is 26.6. The van der Waals surface area contributed by atoms with E-state index < -0.39 is 94.0 Å². The topological polar surface area (TPSA) is 270 Å². The number of ether oxygens (including phenoxy) is 2. The molecule has 0 saturated heterocycles. The summed E-state index contributed by atoms with van der Waals surface area (Å²) in [5.41, 5.74) is 0. The predicted octanol–water partition coefficient (Wildman–Crippen LogP) is 7.19. The Morgan fingerprint density at radius 1 is 0.559 bits per heavy atom. The highest BCUT2D eigenvalue weighted by Gasteiger charge is 2.51. The summed E-state index contributed by atoms with van der Waals surface area (Å²) in [6.07, 6.45) is 25.7. The van der Waals surface area contributed by atoms with Crippen LogP contribution in [0, 0.1) is 0 Å². The zero-order chi connectivity index (χ0) is 50.4. The van der Waals surface area contributed by atoms with E-state index in [1.807, 2.05) is 0 Å². The van der Waals surface area contributed by atoms with Gasteiger partial charge in [0.05, 0.1) is 24.9 Å². The summed E-state index contributed by atoms with van der Waals surface area (Å²) in [4.78, 5) is 35.8. The van der Waals surface area contributed by atoms with Crippen molar-refractivity contribution in [2.75, 3.05) is 13.2 Å². The lowest BCUT2D eigenvalue weighted by Crippen LogP contribution is -2.64. The molecule has 0 aromatic rings. The van der Waals surface area contributed by atoms with Gasteiger partial charge in [-0.2, -0.15) is 0 Å². The van der Waals surface area contributed by atoms with Crippen LogP contribution in [0.4, 0.5) is 0 Å². The van der Waals surface area contributed by atoms with Gasteiger partial charge in [-0.25, -0.2) is 4.57 Å². The maximum Gasteiger partial charge on any atom is 0.472 e. The van der Waals surface area contributed by atoms with Gasteiger partial charge in [0, 0.05) is 12.8 Å². The minimum atomic E-state index is -5.21. The van der Waals surface area contributed by atoms with Crippen molar-refractivity contribution in [2.45, 2.75) is 223 Å². The first-order valence-electron chi connectivity index (χ1n) is 25.1. The number of unbranched alkanes of at least 4 members (excludes halogenated alkanes) is 14. The van der Waals surface area contributed by atoms with Crippen LogP contribution < -0.4 is 0 Å². The zero-order valence-corrected chi connectivity index (χ0v) is 41.6. The highest BCUT2D eigenvalue weighted by atomic mass is 31.2. The number of aliphatic hydroxyl groups excluding tert-OH is 8. The Bertz CT molecular complexity index is 1520. The van der Waals surface area contributed by atoms with Crippen LogP contribution in [-0.4, -0.2) is 132 Å². The van der Waals surface area contributed by atoms with Gasteiger partial charge in [0.1, 0.15) is 43.2 Å². The lowest BCUT2D eigenvalue weighted by Gasteiger charge is -2.41. The van der Waals surface area contributed by atoms with E-state index >= 15 is 0 Å². The average molecular weight is 987 g/mol. The molecule has 9 N–H and O–H groups in total. The van der Waals surface area contributed by atoms with Crippen LogP contribution in [0.1, 0.15) is 162 Å². The molecule has 1 aliphatic rings. The summed E-state index contributed by atoms with van der Waals surface area (Å²) in [6.45, 7) is 2.88. The van der Waals surface area contributed by atoms with Crippen LogP contribution in [0.5, 0.6) is 0 Å². The summed E-state index contributed by atoms with van der Waals surface area (Å²) in [5, 5.41) is 80.8. The molecule has 0 heterocycles. The minimum Gasteiger partial charge on any atom is -0.462 e. The monoisotopic (exact) mass is 987 g/mol. The van der Waals surface area contributed by atoms with Crippen LogP contribution in [0.2, 0.25) is 0 Å². The molecule has 16 nitrogen and oxygen atoms in total. The van der Waals surface area contributed by atoms with Crippen molar-refractivity contribution in [2.24, 2.45) is 0 Å². The van der Waals surface area contributed by atoms with E-state index in [1.165, 1.54) is 44.6 Å². The molecule has 1 rings (SSSR count). The zero-order valence-electron chi connectivity index (χ0n) is 40.7. The van der Waals surface area contributed by atoms with Gasteiger partial charge in [-0.1, -0.05) is 164 Å². The number of carbonyl (C=O) groups excluding carboxylic acids is 2. The van der Waals surface area contributed by atoms with Gasteiger partial charge < -0.3 is 55.2 Å². The van der Waals surface area contributed by atoms with Gasteiger partial charge in [0.2, 0.25) is 0 Å². The fraction of sp³-hybridized carbons (Fsp3) is 0.725. The third kappa shape index (κ3) is 31.4. The quantitative estimate of drug-likeness (QED) is 0.00966. The molecule has 0 bridgehead atoms. The van der Waals surface area contributed by atoms with Crippen molar-refractivity contribution in [3.05, 3.63) is 72.9 Å². The molecule has 0 aliphatic heterocycles. The second-order valence-electron chi connectivity index (χ2n) is 17.5. The van der Waals surface area contributed by atoms with Crippen molar-refractivity contribution in [3.8, 4) is 0 Å². The Kier molecular flexibility index (Phi) is 37.0. The lowest BCUT2D eigenvalue weighted by atomic mass is 9.85. The molecule has 392 valence electrons. The second kappa shape index (κ2) is 39.8. The highest BCUT2D eigenvalue weighted by Crippen LogP contribution is 2.47. The van der Waals surface area contributed by atoms with Crippen molar-refractivity contribution < 1.29 is 78.4 Å². The molecule has 3 unspecified atom stereocenters. The molecule has 1 saturated carbocycles. The summed E-state index contributed by atoms with van der Waals surface area (Å²) in [7, 11) is -5.21. The molecular formula is C51H87O16P. The third-order valence-corrected chi connectivity index (χ3v) is 12.4. The molecule has 1 fully saturated rings. The number of hydrogen-bond donors (Lipinski definition) is 9. The Morgan fingerprint density at radius 3 is 1.66 bits per heavy atom. The summed E-state index contributed by atoms with van der Waals surface area (Å²) in [5.74, 6) is -1.44. The number of rotatable bonds is 40. The molecule has 0 aromatic heterocycles. The van der Waals surface area contributed by atoms with Gasteiger partial charge in [0.25, 0.3) is 0 Å². The number of aliphatic hydroxyl groups is 8. The van der Waals surface area contributed by atoms with Gasteiger partial charge in [-0.3, -0.25) is 18.6 Å². The van der Waals surface area contributed by atoms with Crippen LogP contribution in [-0.2, 0) is 32.7 Å². The molecular weight excluding hydrogens is 900 g/mol. The van der Waals surface area contributed by atoms with E-state index in [0.717, 1.165) is 70.6 Å². The predicted molar refractivity (Wildman–Crippen MR) is 262 cm³/mol. The van der Waals surface area contributed by atoms with Crippen molar-refractivity contribution in [1.82, 2.24) is 0 Å². The van der Waals surface area contributed by atoms with Crippen molar-refractivity contribution in [1.29, 1.82) is 0 Å². The first kappa shape index (κ1) is 63.2. The fourth-order valence-corrected chi connectivity index (χ4v) is 8.14. The molecule has 11 atom stereocenters. The smallest absolute Gasteiger partial charge is 0.462 e. The van der Waals surface area contributed by atoms with Gasteiger partial charge in [-0.05, 0) is 57.8 Å². The van der Waals surface area contributed by atoms with Crippen LogP contribution in [0.15, 0.2) is 72.9 Å². The number of hydrogen-bond acceptors (Lipinski definition) is 15. The maximum absolute atomic E-state index is 12.9. The summed E-state index contributed by atoms with van der Waals surface area (Å²) >= 11 is 0. The Labute approximate surface area is 405 Å². The highest BCUT2D eigenvalue weighted by molar-refractivity contribution is 7.47. The number of carbonyl (C=O) groups is 2. The van der Waals surface area contributed by atoms with E-state index in [4.69, 9.17) is 18.5 Å². The molecule has 68 heavy (non-hydrogen) atoms. The third-order valence-electron chi connectivity index (χ3n) is 11.4. The lowest BCUT2D eigenvalue weighted by molar-refractivity contribution is -0.220. The van der Waals surface area contributed by atoms with Gasteiger partial charge >= 0.3 is 19.8 Å². The van der Waals surface area contributed by atoms with Crippen molar-refractivity contribution >= 4 is 19.8 Å². The number of phosphoric acid groups is 1. The number of esters is 2. The SMILES string of the molecule is CCCCC/C=C\C/C=C\CCCCCCCCCCCC(=O)O[C@H](COC(=O)CCC[C@@H](O)[C@H](O)/C=C/C=C/C=C\C=C\[C@H](O)CCCCC)COP(=O)(O)OC1[C@H](O)[C@H](O)C(O)[C@H](O)[C@H]1O. The second-order valence-corrected chi connectivity index (χ2v) is 18.9. The first-order chi connectivity index (χ1) is 32.6. The average Bonchev–Trinajstić information content (AvgIpc) is 3.31. The fourth-order valence-electron chi connectivity index (χ4n) is 7.17. The Morgan fingerprint density at radius 2 is 1.06 bits per heavy atom. The summed E-state index contributed by atoms with van der Waals surface area (Å²) in [6, 6.07) is 0. The molecule has 0 spiro atoms. The Balaban J connectivity index is 2.57.